The predicted octanol–water partition coefficient (Wildman–Crippen LogP) is -56.0. The van der Waals surface area contributed by atoms with Crippen LogP contribution < -0.4 is 0 Å². The van der Waals surface area contributed by atoms with Crippen LogP contribution in [0.25, 0.3) is 0 Å². The average molecular weight is 1590 g/mol. The number of hydrogen-bond acceptors (Lipinski definition) is 0. The van der Waals surface area contributed by atoms with Crippen LogP contribution in [0.3, 0.4) is 0 Å². The van der Waals surface area contributed by atoms with Gasteiger partial charge in [0.15, 0.2) is 0 Å². The van der Waals surface area contributed by atoms with Gasteiger partial charge in [0.2, 0.25) is 0 Å². The first kappa shape index (κ1) is 157. The first-order chi connectivity index (χ1) is 66.9. The highest BCUT2D eigenvalue weighted by molar-refractivity contribution is 8.49. The topological polar surface area (TPSA) is 0 Å². The van der Waals surface area contributed by atoms with Crippen molar-refractivity contribution < 1.29 is 0 Å². The fourth-order valence-electron chi connectivity index (χ4n) is 27.1. The molecule has 0 atom stereocenters. The standard InChI is InChI=1S/B147/c1-75-112(74)131(113(76(2)3)77(4)5)140(130(110(70)71)111(72)73)145(141(132(114(78(6)7)79(8)9)115(80(10)11)81(12)13)133(116(82(14)15)83(16)17)117(84(18)19)85(20)21)147(144(138(126(102(54)55)103(56)57)127(104(58)59)105(60)61)139(128(106(62)63)107(64)65)129(108(66)67)109(68)69)146(142(134(118(86(22)23)87(24)25)119(88(26)27)89(28)29)135(120(90(30)31)91(32)33)121(92(34)35)93(36)37)143(136(122(94(38)39)95(40)41)123(96(42)43)97(44)45)137(124(98(46)47)99(48)49)125(100(50)51)101(52)53. The lowest BCUT2D eigenvalue weighted by Crippen LogP contribution is -3.04. The summed E-state index contributed by atoms with van der Waals surface area (Å²) >= 11 is 0. The lowest BCUT2D eigenvalue weighted by atomic mass is 8.16. The molecule has 0 heterocycles. The minimum Gasteiger partial charge on any atom is 0 e. The third kappa shape index (κ3) is 42.0. The van der Waals surface area contributed by atoms with Crippen LogP contribution in [0.2, 0.25) is 0 Å². The molecule has 147 heteroatoms. The second kappa shape index (κ2) is 72.4. The quantitative estimate of drug-likeness (QED) is 0.0533. The lowest BCUT2D eigenvalue weighted by molar-refractivity contribution is 3.10. The van der Waals surface area contributed by atoms with E-state index in [9.17, 15) is 0 Å². The number of rotatable bonds is 72. The van der Waals surface area contributed by atoms with E-state index in [2.05, 4.69) is 0 Å². The molecule has 0 fully saturated rings. The van der Waals surface area contributed by atoms with E-state index in [4.69, 9.17) is 573 Å². The highest BCUT2D eigenvalue weighted by Crippen LogP contribution is 2.35. The van der Waals surface area contributed by atoms with Crippen molar-refractivity contribution in [1.29, 1.82) is 0 Å². The zero-order valence-corrected chi connectivity index (χ0v) is 84.9. The van der Waals surface area contributed by atoms with E-state index in [1.54, 1.807) is 0 Å². The Labute approximate surface area is 1030 Å². The molecular weight excluding hydrogens is 1590 g/mol. The molecule has 147 heavy (non-hydrogen) atoms. The molecule has 149 radical (unpaired) electrons. The maximum absolute atomic E-state index is 8.10. The van der Waals surface area contributed by atoms with E-state index in [1.807, 2.05) is 0 Å². The SMILES string of the molecule is [B][B]B([B])B(B(B([B])[B])B([B])[B])B(B(B([B])[B])B([B])[B])B(B(B(B(B([B])[B])B([B])[B])B(B([B])[B])B([B])[B])B(B(B([B])[B])B([B])[B])B(B([B])[B])B([B])[B])B(B(B(B(B([B])[B])B([B])[B])B(B([B])[B])B([B])[B])B(B(B([B])[B])B([B])[B])B(B([B])[B])B([B])[B])B(B(B(B(B([B])[B])B([B])[B])B(B([B])[B])B([B])[B])B(B(B([B])[B])B([B])[B])B(B([B])[B])B([B])[B])B(B(B(B([B])[B])B([B])[B])B(B([B])[B])B([B])[B])B(B(B([B])[B])B([B])[B])B(B([B])[B])B([B])[B]. The van der Waals surface area contributed by atoms with Gasteiger partial charge in [-0.2, -0.15) is 0 Å². The zero-order chi connectivity index (χ0) is 116. The summed E-state index contributed by atoms with van der Waals surface area (Å²) in [5, 5.41) is 0. The molecule has 0 aromatic carbocycles. The second-order valence-corrected chi connectivity index (χ2v) is 41.8. The Balaban J connectivity index is 18.9. The fourth-order valence-corrected chi connectivity index (χ4v) is 27.1. The average Bonchev–Trinajstić information content (AvgIpc) is 0.693. The van der Waals surface area contributed by atoms with Gasteiger partial charge in [-0.05, 0) is 0 Å². The first-order valence-electron chi connectivity index (χ1n) is 48.7. The third-order valence-electron chi connectivity index (χ3n) is 31.8. The van der Waals surface area contributed by atoms with Crippen molar-refractivity contribution in [1.82, 2.24) is 0 Å². The molecule has 0 N–H and O–H groups in total. The molecule has 0 amide bonds. The van der Waals surface area contributed by atoms with Crippen LogP contribution in [-0.4, -0.2) is 1040 Å². The minimum atomic E-state index is -3.13. The monoisotopic (exact) mass is 1620 g/mol. The second-order valence-electron chi connectivity index (χ2n) is 41.8. The van der Waals surface area contributed by atoms with Gasteiger partial charge in [0.05, 0.1) is 0 Å². The maximum Gasteiger partial charge on any atom is 0 e. The Bertz CT molecular complexity index is 2600. The van der Waals surface area contributed by atoms with Crippen LogP contribution in [0.4, 0.5) is 0 Å². The lowest BCUT2D eigenvalue weighted by Gasteiger charge is -2.66. The molecular formula is B147. The van der Waals surface area contributed by atoms with Gasteiger partial charge in [-0.3, -0.25) is 0 Å². The van der Waals surface area contributed by atoms with Gasteiger partial charge in [-0.25, -0.2) is 0 Å². The number of hydrogen-bond donors (Lipinski definition) is 0. The van der Waals surface area contributed by atoms with E-state index in [-0.39, 0.29) is 0 Å². The molecule has 0 nitrogen and oxygen atoms in total. The largest absolute Gasteiger partial charge is 0 e. The molecule has 0 spiro atoms. The van der Waals surface area contributed by atoms with E-state index >= 15 is 0 Å². The summed E-state index contributed by atoms with van der Waals surface area (Å²) in [4.78, 5) is 0. The smallest absolute Gasteiger partial charge is 0 e. The molecule has 0 saturated carbocycles. The Morgan fingerprint density at radius 1 is 0.0612 bits per heavy atom. The van der Waals surface area contributed by atoms with Gasteiger partial charge in [-0.1, -0.05) is 0 Å². The van der Waals surface area contributed by atoms with Crippen molar-refractivity contribution in [3.05, 3.63) is 0 Å². The van der Waals surface area contributed by atoms with E-state index in [1.165, 1.54) is 0 Å². The maximum atomic E-state index is 8.10. The summed E-state index contributed by atoms with van der Waals surface area (Å²) < 4.78 is 0. The van der Waals surface area contributed by atoms with Crippen LogP contribution >= 0.6 is 0 Å². The Morgan fingerprint density at radius 2 is 0.102 bits per heavy atom. The van der Waals surface area contributed by atoms with Crippen LogP contribution in [0.15, 0.2) is 0 Å². The van der Waals surface area contributed by atoms with Gasteiger partial charge in [0, 0.05) is 1040 Å². The summed E-state index contributed by atoms with van der Waals surface area (Å²) in [7, 11) is 563. The third-order valence-corrected chi connectivity index (χ3v) is 31.8. The Morgan fingerprint density at radius 3 is 0.150 bits per heavy atom. The summed E-state index contributed by atoms with van der Waals surface area (Å²) in [6.45, 7) is 0. The van der Waals surface area contributed by atoms with E-state index in [0.29, 0.717) is 0 Å². The molecule has 0 aliphatic carbocycles. The highest BCUT2D eigenvalue weighted by Gasteiger charge is 2.73. The molecule has 0 saturated heterocycles. The molecule has 0 rings (SSSR count). The van der Waals surface area contributed by atoms with Gasteiger partial charge in [0.25, 0.3) is 0 Å². The summed E-state index contributed by atoms with van der Waals surface area (Å²) in [5.74, 6) is 0. The van der Waals surface area contributed by atoms with Gasteiger partial charge in [0.1, 0.15) is 0 Å². The van der Waals surface area contributed by atoms with E-state index < -0.39 is 460 Å². The molecule has 0 aliphatic heterocycles. The van der Waals surface area contributed by atoms with Crippen LogP contribution in [0.1, 0.15) is 0 Å². The minimum absolute atomic E-state index is 0.832. The Hall–Kier alpha value is 9.55. The van der Waals surface area contributed by atoms with Crippen molar-refractivity contribution in [2.24, 2.45) is 0 Å². The molecule has 0 unspecified atom stereocenters. The first-order valence-corrected chi connectivity index (χ1v) is 48.7. The molecule has 0 bridgehead atoms. The molecule has 441 valence electrons. The summed E-state index contributed by atoms with van der Waals surface area (Å²) in [6.07, 6.45) is -169. The van der Waals surface area contributed by atoms with Crippen LogP contribution in [0.5, 0.6) is 0 Å². The predicted molar refractivity (Wildman–Crippen MR) is 846 cm³/mol. The van der Waals surface area contributed by atoms with Crippen molar-refractivity contribution >= 4 is 1040 Å². The van der Waals surface area contributed by atoms with Gasteiger partial charge < -0.3 is 0 Å². The Kier molecular flexibility index (Phi) is 77.1. The van der Waals surface area contributed by atoms with Crippen molar-refractivity contribution in [3.63, 3.8) is 0 Å². The molecule has 0 aliphatic rings. The zero-order valence-electron chi connectivity index (χ0n) is 84.9. The fraction of sp³-hybridized carbons (Fsp3) is 0. The molecule has 0 aromatic rings. The van der Waals surface area contributed by atoms with Crippen LogP contribution in [0, 0.1) is 0 Å². The van der Waals surface area contributed by atoms with Gasteiger partial charge in [-0.15, -0.1) is 0 Å². The van der Waals surface area contributed by atoms with Gasteiger partial charge >= 0.3 is 0 Å². The van der Waals surface area contributed by atoms with E-state index in [0.717, 1.165) is 7.06 Å². The summed E-state index contributed by atoms with van der Waals surface area (Å²) in [6, 6.07) is 0. The summed E-state index contributed by atoms with van der Waals surface area (Å²) in [5.41, 5.74) is 0. The molecule has 0 aromatic heterocycles. The van der Waals surface area contributed by atoms with Crippen molar-refractivity contribution in [3.8, 4) is 0 Å². The van der Waals surface area contributed by atoms with Crippen molar-refractivity contribution in [2.75, 3.05) is 0 Å². The highest BCUT2D eigenvalue weighted by atomic mass is 13.5. The normalized spacial score (nSPS) is 9.88. The van der Waals surface area contributed by atoms with Crippen molar-refractivity contribution in [2.45, 2.75) is 0 Å². The van der Waals surface area contributed by atoms with Crippen LogP contribution in [-0.2, 0) is 0 Å².